The van der Waals surface area contributed by atoms with Crippen molar-refractivity contribution in [1.29, 1.82) is 0 Å². The van der Waals surface area contributed by atoms with Crippen LogP contribution in [-0.2, 0) is 14.3 Å². The molecule has 0 unspecified atom stereocenters. The number of halogens is 3. The second-order valence-corrected chi connectivity index (χ2v) is 6.88. The van der Waals surface area contributed by atoms with Crippen LogP contribution in [0.5, 0.6) is 0 Å². The van der Waals surface area contributed by atoms with Crippen LogP contribution in [0.25, 0.3) is 17.0 Å². The number of hydrogen-bond acceptors (Lipinski definition) is 4. The summed E-state index contributed by atoms with van der Waals surface area (Å²) in [7, 11) is 0. The molecule has 0 aliphatic carbocycles. The maximum atomic E-state index is 12.0. The molecule has 3 rings (SSSR count). The van der Waals surface area contributed by atoms with Gasteiger partial charge in [-0.15, -0.1) is 0 Å². The minimum Gasteiger partial charge on any atom is -0.452 e. The van der Waals surface area contributed by atoms with E-state index < -0.39 is 18.5 Å². The molecule has 8 heteroatoms. The van der Waals surface area contributed by atoms with Crippen molar-refractivity contribution in [3.63, 3.8) is 0 Å². The topological polar surface area (TPSA) is 68.3 Å². The number of esters is 1. The first kappa shape index (κ1) is 20.1. The average molecular weight is 436 g/mol. The molecule has 28 heavy (non-hydrogen) atoms. The summed E-state index contributed by atoms with van der Waals surface area (Å²) in [6.45, 7) is -0.479. The summed E-state index contributed by atoms with van der Waals surface area (Å²) < 4.78 is 4.94. The van der Waals surface area contributed by atoms with E-state index in [0.717, 1.165) is 16.5 Å². The summed E-state index contributed by atoms with van der Waals surface area (Å²) in [4.78, 5) is 28.2. The molecule has 1 heterocycles. The van der Waals surface area contributed by atoms with Gasteiger partial charge in [-0.1, -0.05) is 59.1 Å². The highest BCUT2D eigenvalue weighted by atomic mass is 35.5. The van der Waals surface area contributed by atoms with Crippen LogP contribution in [0.3, 0.4) is 0 Å². The van der Waals surface area contributed by atoms with Crippen LogP contribution >= 0.6 is 34.8 Å². The summed E-state index contributed by atoms with van der Waals surface area (Å²) in [5.74, 6) is -1.22. The highest BCUT2D eigenvalue weighted by molar-refractivity contribution is 6.44. The number of benzene rings is 2. The van der Waals surface area contributed by atoms with E-state index in [1.54, 1.807) is 12.3 Å². The zero-order valence-electron chi connectivity index (χ0n) is 14.3. The molecule has 0 saturated carbocycles. The van der Waals surface area contributed by atoms with E-state index in [2.05, 4.69) is 10.3 Å². The first-order chi connectivity index (χ1) is 13.4. The van der Waals surface area contributed by atoms with Gasteiger partial charge in [-0.2, -0.15) is 0 Å². The van der Waals surface area contributed by atoms with E-state index >= 15 is 0 Å². The number of ether oxygens (including phenoxy) is 1. The normalized spacial score (nSPS) is 11.0. The van der Waals surface area contributed by atoms with Gasteiger partial charge in [0.15, 0.2) is 6.61 Å². The Kier molecular flexibility index (Phi) is 6.52. The van der Waals surface area contributed by atoms with Crippen molar-refractivity contribution >= 4 is 69.3 Å². The van der Waals surface area contributed by atoms with Gasteiger partial charge in [0, 0.05) is 23.2 Å². The largest absolute Gasteiger partial charge is 0.452 e. The number of rotatable bonds is 5. The molecule has 0 radical (unpaired) electrons. The highest BCUT2D eigenvalue weighted by Crippen LogP contribution is 2.32. The second-order valence-electron chi connectivity index (χ2n) is 5.66. The van der Waals surface area contributed by atoms with Gasteiger partial charge in [-0.3, -0.25) is 9.78 Å². The number of fused-ring (bicyclic) bond motifs is 1. The smallest absolute Gasteiger partial charge is 0.331 e. The Morgan fingerprint density at radius 2 is 1.79 bits per heavy atom. The van der Waals surface area contributed by atoms with Gasteiger partial charge >= 0.3 is 5.97 Å². The third-order valence-electron chi connectivity index (χ3n) is 3.69. The lowest BCUT2D eigenvalue weighted by Gasteiger charge is -2.08. The molecule has 1 aromatic heterocycles. The Morgan fingerprint density at radius 1 is 1.04 bits per heavy atom. The van der Waals surface area contributed by atoms with Crippen molar-refractivity contribution in [2.24, 2.45) is 0 Å². The summed E-state index contributed by atoms with van der Waals surface area (Å²) in [5, 5.41) is 4.19. The number of para-hydroxylation sites is 1. The minimum atomic E-state index is -0.664. The lowest BCUT2D eigenvalue weighted by molar-refractivity contribution is -0.142. The maximum Gasteiger partial charge on any atom is 0.331 e. The van der Waals surface area contributed by atoms with E-state index in [1.807, 2.05) is 30.3 Å². The standard InChI is InChI=1S/C20H13Cl3N2O3/c21-14-9-16(23)17(10-15(14)22)25-18(26)11-28-19(27)7-6-13-4-1-3-12-5-2-8-24-20(12)13/h1-10H,11H2,(H,25,26)/b7-6+. The molecule has 0 aliphatic rings. The molecule has 0 saturated heterocycles. The fourth-order valence-electron chi connectivity index (χ4n) is 2.41. The Bertz CT molecular complexity index is 1080. The maximum absolute atomic E-state index is 12.0. The lowest BCUT2D eigenvalue weighted by atomic mass is 10.1. The minimum absolute atomic E-state index is 0.220. The number of carbonyl (C=O) groups excluding carboxylic acids is 2. The molecular formula is C20H13Cl3N2O3. The molecule has 0 spiro atoms. The fraction of sp³-hybridized carbons (Fsp3) is 0.0500. The Balaban J connectivity index is 1.59. The Labute approximate surface area is 175 Å². The molecule has 1 N–H and O–H groups in total. The number of anilines is 1. The van der Waals surface area contributed by atoms with Gasteiger partial charge in [-0.05, 0) is 24.3 Å². The van der Waals surface area contributed by atoms with E-state index in [-0.39, 0.29) is 20.8 Å². The highest BCUT2D eigenvalue weighted by Gasteiger charge is 2.11. The molecule has 142 valence electrons. The zero-order chi connectivity index (χ0) is 20.1. The number of amides is 1. The number of nitrogens with one attached hydrogen (secondary N) is 1. The van der Waals surface area contributed by atoms with Crippen molar-refractivity contribution in [3.05, 3.63) is 75.4 Å². The first-order valence-corrected chi connectivity index (χ1v) is 9.20. The molecular weight excluding hydrogens is 423 g/mol. The second kappa shape index (κ2) is 9.06. The van der Waals surface area contributed by atoms with Crippen molar-refractivity contribution in [2.45, 2.75) is 0 Å². The van der Waals surface area contributed by atoms with Crippen molar-refractivity contribution < 1.29 is 14.3 Å². The van der Waals surface area contributed by atoms with E-state index in [9.17, 15) is 9.59 Å². The number of nitrogens with zero attached hydrogens (tertiary/aromatic N) is 1. The van der Waals surface area contributed by atoms with Crippen LogP contribution in [0.1, 0.15) is 5.56 Å². The average Bonchev–Trinajstić information content (AvgIpc) is 2.69. The van der Waals surface area contributed by atoms with E-state index in [4.69, 9.17) is 39.5 Å². The molecule has 5 nitrogen and oxygen atoms in total. The van der Waals surface area contributed by atoms with E-state index in [0.29, 0.717) is 0 Å². The van der Waals surface area contributed by atoms with Crippen LogP contribution in [0, 0.1) is 0 Å². The van der Waals surface area contributed by atoms with Gasteiger partial charge in [-0.25, -0.2) is 4.79 Å². The van der Waals surface area contributed by atoms with Gasteiger partial charge in [0.1, 0.15) is 0 Å². The van der Waals surface area contributed by atoms with Crippen LogP contribution in [0.4, 0.5) is 5.69 Å². The number of carbonyl (C=O) groups is 2. The number of pyridine rings is 1. The predicted molar refractivity (Wildman–Crippen MR) is 112 cm³/mol. The van der Waals surface area contributed by atoms with Gasteiger partial charge in [0.25, 0.3) is 5.91 Å². The molecule has 3 aromatic rings. The van der Waals surface area contributed by atoms with Crippen molar-refractivity contribution in [3.8, 4) is 0 Å². The lowest BCUT2D eigenvalue weighted by Crippen LogP contribution is -2.20. The third-order valence-corrected chi connectivity index (χ3v) is 4.73. The molecule has 0 aliphatic heterocycles. The van der Waals surface area contributed by atoms with Crippen molar-refractivity contribution in [1.82, 2.24) is 4.98 Å². The number of aromatic nitrogens is 1. The quantitative estimate of drug-likeness (QED) is 0.331. The van der Waals surface area contributed by atoms with Gasteiger partial charge in [0.05, 0.1) is 26.3 Å². The molecule has 0 bridgehead atoms. The summed E-state index contributed by atoms with van der Waals surface area (Å²) in [5.41, 5.74) is 1.80. The van der Waals surface area contributed by atoms with Crippen LogP contribution in [0.2, 0.25) is 15.1 Å². The summed E-state index contributed by atoms with van der Waals surface area (Å²) >= 11 is 17.7. The van der Waals surface area contributed by atoms with Crippen LogP contribution in [0.15, 0.2) is 54.7 Å². The molecule has 0 fully saturated rings. The first-order valence-electron chi connectivity index (χ1n) is 8.07. The zero-order valence-corrected chi connectivity index (χ0v) is 16.6. The Morgan fingerprint density at radius 3 is 2.61 bits per heavy atom. The monoisotopic (exact) mass is 434 g/mol. The molecule has 1 amide bonds. The van der Waals surface area contributed by atoms with Crippen LogP contribution in [-0.4, -0.2) is 23.5 Å². The number of hydrogen-bond donors (Lipinski definition) is 1. The summed E-state index contributed by atoms with van der Waals surface area (Å²) in [6, 6.07) is 12.2. The van der Waals surface area contributed by atoms with Gasteiger partial charge < -0.3 is 10.1 Å². The predicted octanol–water partition coefficient (Wildman–Crippen LogP) is 5.39. The van der Waals surface area contributed by atoms with Gasteiger partial charge in [0.2, 0.25) is 0 Å². The molecule has 0 atom stereocenters. The fourth-order valence-corrected chi connectivity index (χ4v) is 3.00. The van der Waals surface area contributed by atoms with E-state index in [1.165, 1.54) is 18.2 Å². The Hall–Kier alpha value is -2.60. The SMILES string of the molecule is O=C(COC(=O)/C=C/c1cccc2cccnc12)Nc1cc(Cl)c(Cl)cc1Cl. The third kappa shape index (κ3) is 5.01. The summed E-state index contributed by atoms with van der Waals surface area (Å²) in [6.07, 6.45) is 4.50. The molecule has 2 aromatic carbocycles. The van der Waals surface area contributed by atoms with Crippen LogP contribution < -0.4 is 5.32 Å². The van der Waals surface area contributed by atoms with Crippen molar-refractivity contribution in [2.75, 3.05) is 11.9 Å².